The molecule has 1 saturated carbocycles. The second-order valence-electron chi connectivity index (χ2n) is 4.18. The van der Waals surface area contributed by atoms with E-state index < -0.39 is 0 Å². The average Bonchev–Trinajstić information content (AvgIpc) is 3.08. The molecule has 1 heterocycles. The largest absolute Gasteiger partial charge is 0.430 e. The minimum Gasteiger partial charge on any atom is -0.430 e. The number of hydrogen-bond acceptors (Lipinski definition) is 5. The molecule has 2 aromatic rings. The quantitative estimate of drug-likeness (QED) is 0.915. The smallest absolute Gasteiger partial charge is 0.299 e. The Balaban J connectivity index is 1.61. The molecule has 1 aromatic carbocycles. The number of ether oxygens (including phenoxy) is 1. The lowest BCUT2D eigenvalue weighted by Crippen LogP contribution is -2.14. The van der Waals surface area contributed by atoms with Crippen LogP contribution in [0.1, 0.15) is 17.8 Å². The standard InChI is InChI=1S/C12H12BrN3OS/c13-8-2-1-3-10(6-8)17-12-16-15-11(18-12)7-14-9-4-5-9/h1-3,6,9,14H,4-5,7H2. The van der Waals surface area contributed by atoms with Crippen LogP contribution in [0.3, 0.4) is 0 Å². The molecule has 0 aliphatic heterocycles. The lowest BCUT2D eigenvalue weighted by atomic mass is 10.3. The first-order chi connectivity index (χ1) is 8.79. The number of nitrogens with one attached hydrogen (secondary N) is 1. The van der Waals surface area contributed by atoms with Crippen LogP contribution in [0.2, 0.25) is 0 Å². The van der Waals surface area contributed by atoms with Gasteiger partial charge in [-0.05, 0) is 31.0 Å². The van der Waals surface area contributed by atoms with Gasteiger partial charge < -0.3 is 10.1 Å². The lowest BCUT2D eigenvalue weighted by Gasteiger charge is -2.00. The number of halogens is 1. The molecule has 1 aliphatic carbocycles. The maximum Gasteiger partial charge on any atom is 0.299 e. The van der Waals surface area contributed by atoms with Crippen LogP contribution < -0.4 is 10.1 Å². The summed E-state index contributed by atoms with van der Waals surface area (Å²) in [6, 6.07) is 8.37. The Morgan fingerprint density at radius 1 is 1.39 bits per heavy atom. The van der Waals surface area contributed by atoms with Crippen molar-refractivity contribution < 1.29 is 4.74 Å². The van der Waals surface area contributed by atoms with Crippen LogP contribution in [0, 0.1) is 0 Å². The summed E-state index contributed by atoms with van der Waals surface area (Å²) >= 11 is 4.89. The summed E-state index contributed by atoms with van der Waals surface area (Å²) in [6.07, 6.45) is 2.56. The summed E-state index contributed by atoms with van der Waals surface area (Å²) in [5.41, 5.74) is 0. The third-order valence-electron chi connectivity index (χ3n) is 2.57. The fraction of sp³-hybridized carbons (Fsp3) is 0.333. The highest BCUT2D eigenvalue weighted by atomic mass is 79.9. The van der Waals surface area contributed by atoms with Gasteiger partial charge in [-0.25, -0.2) is 0 Å². The maximum absolute atomic E-state index is 5.65. The molecule has 6 heteroatoms. The van der Waals surface area contributed by atoms with Crippen molar-refractivity contribution in [2.24, 2.45) is 0 Å². The van der Waals surface area contributed by atoms with E-state index in [0.717, 1.165) is 21.8 Å². The summed E-state index contributed by atoms with van der Waals surface area (Å²) in [6.45, 7) is 0.782. The molecule has 1 aliphatic rings. The monoisotopic (exact) mass is 325 g/mol. The topological polar surface area (TPSA) is 47.0 Å². The SMILES string of the molecule is Brc1cccc(Oc2nnc(CNC3CC3)s2)c1. The minimum atomic E-state index is 0.584. The van der Waals surface area contributed by atoms with Gasteiger partial charge in [-0.1, -0.05) is 38.4 Å². The van der Waals surface area contributed by atoms with E-state index in [9.17, 15) is 0 Å². The molecule has 0 saturated heterocycles. The molecule has 4 nitrogen and oxygen atoms in total. The molecular weight excluding hydrogens is 314 g/mol. The number of benzene rings is 1. The minimum absolute atomic E-state index is 0.584. The van der Waals surface area contributed by atoms with Crippen LogP contribution >= 0.6 is 27.3 Å². The predicted molar refractivity (Wildman–Crippen MR) is 74.0 cm³/mol. The summed E-state index contributed by atoms with van der Waals surface area (Å²) < 4.78 is 6.64. The van der Waals surface area contributed by atoms with Crippen molar-refractivity contribution in [1.29, 1.82) is 0 Å². The summed E-state index contributed by atoms with van der Waals surface area (Å²) in [5, 5.41) is 13.1. The Morgan fingerprint density at radius 2 is 2.28 bits per heavy atom. The van der Waals surface area contributed by atoms with E-state index in [1.807, 2.05) is 24.3 Å². The molecule has 0 radical (unpaired) electrons. The van der Waals surface area contributed by atoms with Gasteiger partial charge in [-0.2, -0.15) is 0 Å². The van der Waals surface area contributed by atoms with E-state index in [0.29, 0.717) is 11.2 Å². The van der Waals surface area contributed by atoms with Crippen LogP contribution in [-0.4, -0.2) is 16.2 Å². The Bertz CT molecular complexity index is 542. The number of nitrogens with zero attached hydrogens (tertiary/aromatic N) is 2. The zero-order valence-electron chi connectivity index (χ0n) is 9.60. The molecule has 0 bridgehead atoms. The zero-order chi connectivity index (χ0) is 12.4. The van der Waals surface area contributed by atoms with Gasteiger partial charge in [0.1, 0.15) is 10.8 Å². The van der Waals surface area contributed by atoms with E-state index in [-0.39, 0.29) is 0 Å². The van der Waals surface area contributed by atoms with Gasteiger partial charge in [0.15, 0.2) is 0 Å². The highest BCUT2D eigenvalue weighted by Crippen LogP contribution is 2.27. The van der Waals surface area contributed by atoms with Gasteiger partial charge in [0.05, 0.1) is 6.54 Å². The molecule has 1 aromatic heterocycles. The molecule has 18 heavy (non-hydrogen) atoms. The van der Waals surface area contributed by atoms with Crippen molar-refractivity contribution in [1.82, 2.24) is 15.5 Å². The molecular formula is C12H12BrN3OS. The Labute approximate surface area is 118 Å². The second kappa shape index (κ2) is 5.34. The van der Waals surface area contributed by atoms with Crippen molar-refractivity contribution in [2.45, 2.75) is 25.4 Å². The number of hydrogen-bond donors (Lipinski definition) is 1. The van der Waals surface area contributed by atoms with Crippen LogP contribution in [-0.2, 0) is 6.54 Å². The Kier molecular flexibility index (Phi) is 3.58. The van der Waals surface area contributed by atoms with E-state index in [1.54, 1.807) is 0 Å². The van der Waals surface area contributed by atoms with Crippen LogP contribution in [0.5, 0.6) is 10.9 Å². The second-order valence-corrected chi connectivity index (χ2v) is 6.12. The van der Waals surface area contributed by atoms with Gasteiger partial charge in [-0.15, -0.1) is 5.10 Å². The van der Waals surface area contributed by atoms with Crippen LogP contribution in [0.25, 0.3) is 0 Å². The van der Waals surface area contributed by atoms with E-state index >= 15 is 0 Å². The van der Waals surface area contributed by atoms with Gasteiger partial charge >= 0.3 is 0 Å². The molecule has 94 valence electrons. The highest BCUT2D eigenvalue weighted by molar-refractivity contribution is 9.10. The third-order valence-corrected chi connectivity index (χ3v) is 3.86. The van der Waals surface area contributed by atoms with E-state index in [1.165, 1.54) is 24.2 Å². The van der Waals surface area contributed by atoms with E-state index in [2.05, 4.69) is 31.4 Å². The van der Waals surface area contributed by atoms with Gasteiger partial charge in [0.2, 0.25) is 0 Å². The average molecular weight is 326 g/mol. The first-order valence-corrected chi connectivity index (χ1v) is 7.40. The van der Waals surface area contributed by atoms with Crippen molar-refractivity contribution in [3.8, 4) is 10.9 Å². The molecule has 0 spiro atoms. The Morgan fingerprint density at radius 3 is 3.06 bits per heavy atom. The first-order valence-electron chi connectivity index (χ1n) is 5.79. The first kappa shape index (κ1) is 12.1. The summed E-state index contributed by atoms with van der Waals surface area (Å²) in [7, 11) is 0. The molecule has 1 fully saturated rings. The van der Waals surface area contributed by atoms with Crippen molar-refractivity contribution in [2.75, 3.05) is 0 Å². The normalized spacial score (nSPS) is 14.7. The molecule has 0 atom stereocenters. The molecule has 3 rings (SSSR count). The van der Waals surface area contributed by atoms with Crippen LogP contribution in [0.4, 0.5) is 0 Å². The molecule has 0 unspecified atom stereocenters. The van der Waals surface area contributed by atoms with Crippen molar-refractivity contribution >= 4 is 27.3 Å². The Hall–Kier alpha value is -0.980. The third kappa shape index (κ3) is 3.28. The van der Waals surface area contributed by atoms with Gasteiger partial charge in [0.25, 0.3) is 5.19 Å². The van der Waals surface area contributed by atoms with Gasteiger partial charge in [0, 0.05) is 10.5 Å². The summed E-state index contributed by atoms with van der Waals surface area (Å²) in [5.74, 6) is 0.766. The van der Waals surface area contributed by atoms with Gasteiger partial charge in [-0.3, -0.25) is 0 Å². The molecule has 0 amide bonds. The fourth-order valence-corrected chi connectivity index (χ4v) is 2.54. The fourth-order valence-electron chi connectivity index (χ4n) is 1.50. The number of aromatic nitrogens is 2. The molecule has 1 N–H and O–H groups in total. The van der Waals surface area contributed by atoms with Crippen molar-refractivity contribution in [3.05, 3.63) is 33.7 Å². The number of rotatable bonds is 5. The maximum atomic E-state index is 5.65. The summed E-state index contributed by atoms with van der Waals surface area (Å²) in [4.78, 5) is 0. The van der Waals surface area contributed by atoms with Crippen LogP contribution in [0.15, 0.2) is 28.7 Å². The zero-order valence-corrected chi connectivity index (χ0v) is 12.0. The lowest BCUT2D eigenvalue weighted by molar-refractivity contribution is 0.472. The van der Waals surface area contributed by atoms with E-state index in [4.69, 9.17) is 4.74 Å². The predicted octanol–water partition coefficient (Wildman–Crippen LogP) is 3.34. The van der Waals surface area contributed by atoms with Crippen molar-refractivity contribution in [3.63, 3.8) is 0 Å². The highest BCUT2D eigenvalue weighted by Gasteiger charge is 2.20.